The summed E-state index contributed by atoms with van der Waals surface area (Å²) in [6.07, 6.45) is -5.04. The number of hydrogen-bond acceptors (Lipinski definition) is 2. The molecule has 6 heteroatoms. The minimum atomic E-state index is -4.68. The zero-order chi connectivity index (χ0) is 14.3. The van der Waals surface area contributed by atoms with Crippen molar-refractivity contribution in [3.05, 3.63) is 42.0 Å². The molecule has 0 radical (unpaired) electrons. The Morgan fingerprint density at radius 2 is 1.95 bits per heavy atom. The number of ether oxygens (including phenoxy) is 1. The van der Waals surface area contributed by atoms with Gasteiger partial charge in [0.15, 0.2) is 6.10 Å². The van der Waals surface area contributed by atoms with E-state index in [2.05, 4.69) is 4.74 Å². The maximum absolute atomic E-state index is 12.4. The molecule has 0 bridgehead atoms. The van der Waals surface area contributed by atoms with Crippen LogP contribution in [0.2, 0.25) is 0 Å². The lowest BCUT2D eigenvalue weighted by molar-refractivity contribution is -0.221. The van der Waals surface area contributed by atoms with E-state index in [4.69, 9.17) is 5.11 Å². The lowest BCUT2D eigenvalue weighted by atomic mass is 10.2. The number of carbonyl (C=O) groups is 1. The minimum absolute atomic E-state index is 0.299. The second-order valence-corrected chi connectivity index (χ2v) is 3.77. The fourth-order valence-corrected chi connectivity index (χ4v) is 1.35. The summed E-state index contributed by atoms with van der Waals surface area (Å²) >= 11 is 0. The third-order valence-electron chi connectivity index (χ3n) is 2.23. The van der Waals surface area contributed by atoms with Crippen LogP contribution in [0, 0.1) is 0 Å². The molecule has 0 amide bonds. The van der Waals surface area contributed by atoms with Crippen molar-refractivity contribution in [2.24, 2.45) is 0 Å². The third kappa shape index (κ3) is 6.05. The molecular weight excluding hydrogens is 261 g/mol. The molecule has 0 saturated heterocycles. The molecule has 1 unspecified atom stereocenters. The van der Waals surface area contributed by atoms with Crippen molar-refractivity contribution < 1.29 is 27.8 Å². The van der Waals surface area contributed by atoms with Gasteiger partial charge in [-0.15, -0.1) is 0 Å². The van der Waals surface area contributed by atoms with Crippen molar-refractivity contribution in [3.63, 3.8) is 0 Å². The Labute approximate surface area is 108 Å². The summed E-state index contributed by atoms with van der Waals surface area (Å²) in [6, 6.07) is 8.98. The molecule has 1 aromatic rings. The largest absolute Gasteiger partial charge is 0.481 e. The van der Waals surface area contributed by atoms with Crippen LogP contribution in [0.5, 0.6) is 0 Å². The van der Waals surface area contributed by atoms with Crippen LogP contribution in [0.1, 0.15) is 12.0 Å². The van der Waals surface area contributed by atoms with Crippen LogP contribution in [0.4, 0.5) is 13.2 Å². The first-order valence-electron chi connectivity index (χ1n) is 5.51. The van der Waals surface area contributed by atoms with Crippen molar-refractivity contribution in [1.29, 1.82) is 0 Å². The number of benzene rings is 1. The van der Waals surface area contributed by atoms with E-state index >= 15 is 0 Å². The summed E-state index contributed by atoms with van der Waals surface area (Å²) in [5.74, 6) is -1.55. The predicted octanol–water partition coefficient (Wildman–Crippen LogP) is 3.12. The lowest BCUT2D eigenvalue weighted by Gasteiger charge is -2.18. The first-order valence-corrected chi connectivity index (χ1v) is 5.51. The molecule has 1 aromatic carbocycles. The average molecular weight is 274 g/mol. The highest BCUT2D eigenvalue weighted by atomic mass is 19.4. The van der Waals surface area contributed by atoms with Gasteiger partial charge < -0.3 is 9.84 Å². The van der Waals surface area contributed by atoms with E-state index < -0.39 is 24.7 Å². The van der Waals surface area contributed by atoms with Crippen LogP contribution in [-0.4, -0.2) is 30.0 Å². The van der Waals surface area contributed by atoms with Gasteiger partial charge in [0.2, 0.25) is 0 Å². The van der Waals surface area contributed by atoms with Crippen molar-refractivity contribution >= 4 is 12.0 Å². The second-order valence-electron chi connectivity index (χ2n) is 3.77. The molecule has 0 heterocycles. The van der Waals surface area contributed by atoms with E-state index in [9.17, 15) is 18.0 Å². The summed E-state index contributed by atoms with van der Waals surface area (Å²) in [5.41, 5.74) is 0.827. The van der Waals surface area contributed by atoms with E-state index in [0.29, 0.717) is 0 Å². The summed E-state index contributed by atoms with van der Waals surface area (Å²) in [5, 5.41) is 8.38. The standard InChI is InChI=1S/C13H13F3O3/c14-13(15,16)11(9-12(17)18)19-8-4-7-10-5-2-1-3-6-10/h1-7,11H,8-9H2,(H,17,18). The first kappa shape index (κ1) is 15.2. The van der Waals surface area contributed by atoms with Gasteiger partial charge >= 0.3 is 12.1 Å². The Hall–Kier alpha value is -1.82. The summed E-state index contributed by atoms with van der Waals surface area (Å²) < 4.78 is 41.8. The number of hydrogen-bond donors (Lipinski definition) is 1. The predicted molar refractivity (Wildman–Crippen MR) is 63.5 cm³/mol. The Kier molecular flexibility index (Phi) is 5.57. The maximum atomic E-state index is 12.4. The van der Waals surface area contributed by atoms with Crippen molar-refractivity contribution in [2.45, 2.75) is 18.7 Å². The molecule has 3 nitrogen and oxygen atoms in total. The van der Waals surface area contributed by atoms with Gasteiger partial charge in [0, 0.05) is 0 Å². The Morgan fingerprint density at radius 3 is 2.47 bits per heavy atom. The molecule has 1 N–H and O–H groups in total. The SMILES string of the molecule is O=C(O)CC(OCC=Cc1ccccc1)C(F)(F)F. The Balaban J connectivity index is 2.49. The highest BCUT2D eigenvalue weighted by Gasteiger charge is 2.41. The van der Waals surface area contributed by atoms with Gasteiger partial charge in [-0.2, -0.15) is 13.2 Å². The van der Waals surface area contributed by atoms with Gasteiger partial charge in [0.25, 0.3) is 0 Å². The summed E-state index contributed by atoms with van der Waals surface area (Å²) in [6.45, 7) is -0.299. The third-order valence-corrected chi connectivity index (χ3v) is 2.23. The van der Waals surface area contributed by atoms with Gasteiger partial charge in [0.1, 0.15) is 0 Å². The second kappa shape index (κ2) is 6.94. The quantitative estimate of drug-likeness (QED) is 0.867. The number of halogens is 3. The number of rotatable bonds is 6. The van der Waals surface area contributed by atoms with Gasteiger partial charge in [-0.1, -0.05) is 42.5 Å². The molecule has 1 rings (SSSR count). The van der Waals surface area contributed by atoms with E-state index in [-0.39, 0.29) is 6.61 Å². The molecule has 0 spiro atoms. The highest BCUT2D eigenvalue weighted by molar-refractivity contribution is 5.67. The smallest absolute Gasteiger partial charge is 0.415 e. The zero-order valence-corrected chi connectivity index (χ0v) is 9.93. The topological polar surface area (TPSA) is 46.5 Å². The van der Waals surface area contributed by atoms with Crippen molar-refractivity contribution in [2.75, 3.05) is 6.61 Å². The Morgan fingerprint density at radius 1 is 1.32 bits per heavy atom. The van der Waals surface area contributed by atoms with E-state index in [1.54, 1.807) is 30.3 Å². The molecule has 0 aliphatic heterocycles. The average Bonchev–Trinajstić information content (AvgIpc) is 2.32. The number of carboxylic acid groups (broad SMARTS) is 1. The van der Waals surface area contributed by atoms with E-state index in [0.717, 1.165) is 5.56 Å². The van der Waals surface area contributed by atoms with Gasteiger partial charge in [0.05, 0.1) is 13.0 Å². The highest BCUT2D eigenvalue weighted by Crippen LogP contribution is 2.25. The fourth-order valence-electron chi connectivity index (χ4n) is 1.35. The van der Waals surface area contributed by atoms with Crippen molar-refractivity contribution in [3.8, 4) is 0 Å². The van der Waals surface area contributed by atoms with Crippen LogP contribution >= 0.6 is 0 Å². The van der Waals surface area contributed by atoms with Crippen LogP contribution in [0.15, 0.2) is 36.4 Å². The van der Waals surface area contributed by atoms with E-state index in [1.807, 2.05) is 6.07 Å². The molecule has 104 valence electrons. The normalized spacial score (nSPS) is 13.6. The molecular formula is C13H13F3O3. The molecule has 0 aliphatic rings. The van der Waals surface area contributed by atoms with Crippen LogP contribution < -0.4 is 0 Å². The number of alkyl halides is 3. The van der Waals surface area contributed by atoms with Gasteiger partial charge in [-0.25, -0.2) is 0 Å². The molecule has 0 aliphatic carbocycles. The summed E-state index contributed by atoms with van der Waals surface area (Å²) in [4.78, 5) is 10.3. The van der Waals surface area contributed by atoms with Crippen LogP contribution in [0.3, 0.4) is 0 Å². The van der Waals surface area contributed by atoms with E-state index in [1.165, 1.54) is 6.08 Å². The fraction of sp³-hybridized carbons (Fsp3) is 0.308. The minimum Gasteiger partial charge on any atom is -0.481 e. The monoisotopic (exact) mass is 274 g/mol. The molecule has 0 fully saturated rings. The van der Waals surface area contributed by atoms with Crippen molar-refractivity contribution in [1.82, 2.24) is 0 Å². The molecule has 19 heavy (non-hydrogen) atoms. The zero-order valence-electron chi connectivity index (χ0n) is 9.93. The molecule has 0 aromatic heterocycles. The van der Waals surface area contributed by atoms with Crippen LogP contribution in [-0.2, 0) is 9.53 Å². The van der Waals surface area contributed by atoms with Gasteiger partial charge in [-0.05, 0) is 5.56 Å². The van der Waals surface area contributed by atoms with Crippen LogP contribution in [0.25, 0.3) is 6.08 Å². The molecule has 0 saturated carbocycles. The lowest BCUT2D eigenvalue weighted by Crippen LogP contribution is -2.34. The first-order chi connectivity index (χ1) is 8.89. The van der Waals surface area contributed by atoms with Gasteiger partial charge in [-0.3, -0.25) is 4.79 Å². The number of carboxylic acids is 1. The maximum Gasteiger partial charge on any atom is 0.415 e. The Bertz CT molecular complexity index is 427. The number of aliphatic carboxylic acids is 1. The summed E-state index contributed by atoms with van der Waals surface area (Å²) in [7, 11) is 0. The molecule has 1 atom stereocenters.